The third-order valence-corrected chi connectivity index (χ3v) is 2.67. The number of aromatic nitrogens is 1. The number of nitrogens with zero attached hydrogens (tertiary/aromatic N) is 1. The van der Waals surface area contributed by atoms with Crippen LogP contribution in [-0.2, 0) is 6.54 Å². The molecule has 5 heteroatoms. The number of ether oxygens (including phenoxy) is 1. The summed E-state index contributed by atoms with van der Waals surface area (Å²) in [7, 11) is 1.44. The van der Waals surface area contributed by atoms with Crippen molar-refractivity contribution < 1.29 is 14.6 Å². The van der Waals surface area contributed by atoms with E-state index in [-0.39, 0.29) is 23.0 Å². The average Bonchev–Trinajstić information content (AvgIpc) is 2.46. The quantitative estimate of drug-likeness (QED) is 0.876. The van der Waals surface area contributed by atoms with Gasteiger partial charge in [-0.15, -0.1) is 0 Å². The summed E-state index contributed by atoms with van der Waals surface area (Å²) in [5.74, 6) is -0.234. The molecule has 0 aliphatic heterocycles. The largest absolute Gasteiger partial charge is 0.504 e. The molecule has 0 unspecified atom stereocenters. The standard InChI is InChI=1S/C14H14N2O3/c1-19-12-4-2-3-11(13(12)17)14(18)16-9-10-5-7-15-8-6-10/h2-8,17H,9H2,1H3,(H,16,18). The summed E-state index contributed by atoms with van der Waals surface area (Å²) < 4.78 is 4.96. The van der Waals surface area contributed by atoms with Gasteiger partial charge in [0.15, 0.2) is 11.5 Å². The molecule has 1 aromatic heterocycles. The summed E-state index contributed by atoms with van der Waals surface area (Å²) in [5.41, 5.74) is 1.12. The topological polar surface area (TPSA) is 71.5 Å². The van der Waals surface area contributed by atoms with E-state index < -0.39 is 0 Å². The molecule has 2 rings (SSSR count). The number of phenolic OH excluding ortho intramolecular Hbond substituents is 1. The highest BCUT2D eigenvalue weighted by molar-refractivity contribution is 5.97. The van der Waals surface area contributed by atoms with Crippen molar-refractivity contribution in [3.8, 4) is 11.5 Å². The van der Waals surface area contributed by atoms with Crippen molar-refractivity contribution in [2.75, 3.05) is 7.11 Å². The lowest BCUT2D eigenvalue weighted by Gasteiger charge is -2.09. The van der Waals surface area contributed by atoms with Crippen molar-refractivity contribution in [3.63, 3.8) is 0 Å². The molecule has 0 fully saturated rings. The summed E-state index contributed by atoms with van der Waals surface area (Å²) >= 11 is 0. The third kappa shape index (κ3) is 3.01. The highest BCUT2D eigenvalue weighted by atomic mass is 16.5. The second-order valence-corrected chi connectivity index (χ2v) is 3.89. The van der Waals surface area contributed by atoms with E-state index in [0.717, 1.165) is 5.56 Å². The molecule has 1 aromatic carbocycles. The molecule has 0 saturated carbocycles. The summed E-state index contributed by atoms with van der Waals surface area (Å²) in [6.45, 7) is 0.373. The molecule has 0 aliphatic carbocycles. The van der Waals surface area contributed by atoms with Crippen LogP contribution in [0.2, 0.25) is 0 Å². The normalized spacial score (nSPS) is 9.95. The van der Waals surface area contributed by atoms with Crippen molar-refractivity contribution in [2.24, 2.45) is 0 Å². The number of aromatic hydroxyl groups is 1. The van der Waals surface area contributed by atoms with Gasteiger partial charge in [0.25, 0.3) is 5.91 Å². The van der Waals surface area contributed by atoms with Crippen LogP contribution >= 0.6 is 0 Å². The fourth-order valence-electron chi connectivity index (χ4n) is 1.65. The highest BCUT2D eigenvalue weighted by Gasteiger charge is 2.14. The van der Waals surface area contributed by atoms with Crippen LogP contribution in [0.3, 0.4) is 0 Å². The van der Waals surface area contributed by atoms with Crippen LogP contribution < -0.4 is 10.1 Å². The van der Waals surface area contributed by atoms with Crippen LogP contribution in [0.25, 0.3) is 0 Å². The van der Waals surface area contributed by atoms with Crippen LogP contribution in [0.15, 0.2) is 42.7 Å². The van der Waals surface area contributed by atoms with E-state index in [1.807, 2.05) is 12.1 Å². The number of pyridine rings is 1. The number of carbonyl (C=O) groups excluding carboxylic acids is 1. The van der Waals surface area contributed by atoms with Crippen LogP contribution in [0, 0.1) is 0 Å². The van der Waals surface area contributed by atoms with E-state index in [1.165, 1.54) is 7.11 Å². The Bertz CT molecular complexity index is 570. The predicted molar refractivity (Wildman–Crippen MR) is 70.1 cm³/mol. The van der Waals surface area contributed by atoms with E-state index in [4.69, 9.17) is 4.74 Å². The highest BCUT2D eigenvalue weighted by Crippen LogP contribution is 2.29. The number of hydrogen-bond acceptors (Lipinski definition) is 4. The maximum absolute atomic E-state index is 12.0. The van der Waals surface area contributed by atoms with Gasteiger partial charge in [-0.05, 0) is 29.8 Å². The molecule has 0 bridgehead atoms. The van der Waals surface area contributed by atoms with E-state index in [0.29, 0.717) is 6.54 Å². The van der Waals surface area contributed by atoms with Gasteiger partial charge in [-0.25, -0.2) is 0 Å². The van der Waals surface area contributed by atoms with Gasteiger partial charge in [0.05, 0.1) is 12.7 Å². The molecule has 0 spiro atoms. The molecule has 0 atom stereocenters. The summed E-state index contributed by atoms with van der Waals surface area (Å²) in [5, 5.41) is 12.6. The molecular weight excluding hydrogens is 244 g/mol. The fourth-order valence-corrected chi connectivity index (χ4v) is 1.65. The minimum absolute atomic E-state index is 0.155. The minimum atomic E-state index is -0.354. The van der Waals surface area contributed by atoms with Gasteiger partial charge >= 0.3 is 0 Å². The van der Waals surface area contributed by atoms with Gasteiger partial charge in [-0.3, -0.25) is 9.78 Å². The lowest BCUT2D eigenvalue weighted by molar-refractivity contribution is 0.0947. The van der Waals surface area contributed by atoms with Crippen molar-refractivity contribution in [2.45, 2.75) is 6.54 Å². The number of rotatable bonds is 4. The number of phenols is 1. The third-order valence-electron chi connectivity index (χ3n) is 2.67. The van der Waals surface area contributed by atoms with Gasteiger partial charge in [0.2, 0.25) is 0 Å². The zero-order chi connectivity index (χ0) is 13.7. The maximum atomic E-state index is 12.0. The Balaban J connectivity index is 2.08. The SMILES string of the molecule is COc1cccc(C(=O)NCc2ccncc2)c1O. The molecular formula is C14H14N2O3. The number of amides is 1. The molecule has 1 heterocycles. The lowest BCUT2D eigenvalue weighted by atomic mass is 10.1. The Labute approximate surface area is 110 Å². The second-order valence-electron chi connectivity index (χ2n) is 3.89. The van der Waals surface area contributed by atoms with E-state index in [9.17, 15) is 9.90 Å². The molecule has 2 aromatic rings. The molecule has 98 valence electrons. The monoisotopic (exact) mass is 258 g/mol. The Morgan fingerprint density at radius 3 is 2.74 bits per heavy atom. The van der Waals surface area contributed by atoms with Gasteiger partial charge in [-0.1, -0.05) is 6.07 Å². The average molecular weight is 258 g/mol. The smallest absolute Gasteiger partial charge is 0.255 e. The van der Waals surface area contributed by atoms with Gasteiger partial charge in [0, 0.05) is 18.9 Å². The van der Waals surface area contributed by atoms with E-state index in [1.54, 1.807) is 30.6 Å². The molecule has 0 saturated heterocycles. The van der Waals surface area contributed by atoms with Crippen LogP contribution in [0.4, 0.5) is 0 Å². The number of benzene rings is 1. The lowest BCUT2D eigenvalue weighted by Crippen LogP contribution is -2.22. The summed E-state index contributed by atoms with van der Waals surface area (Å²) in [6, 6.07) is 8.41. The Hall–Kier alpha value is -2.56. The number of carbonyl (C=O) groups is 1. The first kappa shape index (κ1) is 12.9. The number of methoxy groups -OCH3 is 1. The van der Waals surface area contributed by atoms with Crippen molar-refractivity contribution in [1.82, 2.24) is 10.3 Å². The zero-order valence-electron chi connectivity index (χ0n) is 10.5. The van der Waals surface area contributed by atoms with E-state index >= 15 is 0 Å². The van der Waals surface area contributed by atoms with Gasteiger partial charge in [0.1, 0.15) is 0 Å². The summed E-state index contributed by atoms with van der Waals surface area (Å²) in [4.78, 5) is 15.9. The molecule has 5 nitrogen and oxygen atoms in total. The first-order valence-electron chi connectivity index (χ1n) is 5.75. The number of para-hydroxylation sites is 1. The Kier molecular flexibility index (Phi) is 3.97. The Morgan fingerprint density at radius 2 is 2.05 bits per heavy atom. The van der Waals surface area contributed by atoms with Crippen molar-refractivity contribution in [3.05, 3.63) is 53.9 Å². The van der Waals surface area contributed by atoms with Crippen LogP contribution in [0.5, 0.6) is 11.5 Å². The molecule has 1 amide bonds. The second kappa shape index (κ2) is 5.86. The predicted octanol–water partition coefficient (Wildman–Crippen LogP) is 1.73. The van der Waals surface area contributed by atoms with Crippen molar-refractivity contribution >= 4 is 5.91 Å². The summed E-state index contributed by atoms with van der Waals surface area (Å²) in [6.07, 6.45) is 3.31. The van der Waals surface area contributed by atoms with E-state index in [2.05, 4.69) is 10.3 Å². The Morgan fingerprint density at radius 1 is 1.32 bits per heavy atom. The fraction of sp³-hybridized carbons (Fsp3) is 0.143. The van der Waals surface area contributed by atoms with Crippen LogP contribution in [-0.4, -0.2) is 23.1 Å². The number of hydrogen-bond donors (Lipinski definition) is 2. The molecule has 19 heavy (non-hydrogen) atoms. The zero-order valence-corrected chi connectivity index (χ0v) is 10.5. The van der Waals surface area contributed by atoms with Crippen molar-refractivity contribution in [1.29, 1.82) is 0 Å². The van der Waals surface area contributed by atoms with Gasteiger partial charge < -0.3 is 15.2 Å². The van der Waals surface area contributed by atoms with Gasteiger partial charge in [-0.2, -0.15) is 0 Å². The first-order valence-corrected chi connectivity index (χ1v) is 5.75. The molecule has 0 radical (unpaired) electrons. The number of nitrogens with one attached hydrogen (secondary N) is 1. The maximum Gasteiger partial charge on any atom is 0.255 e. The minimum Gasteiger partial charge on any atom is -0.504 e. The molecule has 0 aliphatic rings. The molecule has 2 N–H and O–H groups in total. The first-order chi connectivity index (χ1) is 9.22. The van der Waals surface area contributed by atoms with Crippen LogP contribution in [0.1, 0.15) is 15.9 Å².